The molecular formula is C19H21N5O3S. The molecule has 1 unspecified atom stereocenters. The van der Waals surface area contributed by atoms with Crippen molar-refractivity contribution < 1.29 is 14.7 Å². The Morgan fingerprint density at radius 2 is 2.07 bits per heavy atom. The first kappa shape index (κ1) is 18.7. The van der Waals surface area contributed by atoms with Crippen LogP contribution in [-0.4, -0.2) is 60.0 Å². The summed E-state index contributed by atoms with van der Waals surface area (Å²) in [6, 6.07) is 7.70. The minimum Gasteiger partial charge on any atom is -0.480 e. The van der Waals surface area contributed by atoms with Gasteiger partial charge < -0.3 is 14.6 Å². The van der Waals surface area contributed by atoms with Crippen LogP contribution in [0.5, 0.6) is 0 Å². The molecule has 0 spiro atoms. The Kier molecular flexibility index (Phi) is 5.17. The van der Waals surface area contributed by atoms with Crippen LogP contribution in [0.2, 0.25) is 0 Å². The number of hydrogen-bond donors (Lipinski definition) is 1. The van der Waals surface area contributed by atoms with E-state index in [-0.39, 0.29) is 24.2 Å². The van der Waals surface area contributed by atoms with E-state index in [0.717, 1.165) is 36.7 Å². The first-order valence-corrected chi connectivity index (χ1v) is 10.3. The standard InChI is InChI=1S/C19H21N5O3S/c1-12-6-4-5-9-23(12)15(25)11-28-19-20-18-17(21-22-19)13-7-2-3-8-14(13)24(18)10-16(26)27/h2-3,7-8,12H,4-6,9-11H2,1H3,(H,26,27). The Balaban J connectivity index is 1.61. The van der Waals surface area contributed by atoms with E-state index in [1.54, 1.807) is 4.57 Å². The van der Waals surface area contributed by atoms with Gasteiger partial charge in [-0.3, -0.25) is 9.59 Å². The summed E-state index contributed by atoms with van der Waals surface area (Å²) in [5.41, 5.74) is 1.79. The van der Waals surface area contributed by atoms with Crippen molar-refractivity contribution in [3.63, 3.8) is 0 Å². The first-order chi connectivity index (χ1) is 13.5. The fraction of sp³-hybridized carbons (Fsp3) is 0.421. The van der Waals surface area contributed by atoms with Crippen LogP contribution in [0.15, 0.2) is 29.4 Å². The van der Waals surface area contributed by atoms with Crippen LogP contribution < -0.4 is 0 Å². The van der Waals surface area contributed by atoms with E-state index in [2.05, 4.69) is 22.1 Å². The van der Waals surface area contributed by atoms with Crippen molar-refractivity contribution in [2.24, 2.45) is 0 Å². The monoisotopic (exact) mass is 399 g/mol. The normalized spacial score (nSPS) is 17.3. The molecule has 1 aromatic carbocycles. The van der Waals surface area contributed by atoms with Gasteiger partial charge in [-0.1, -0.05) is 30.0 Å². The third-order valence-corrected chi connectivity index (χ3v) is 5.92. The summed E-state index contributed by atoms with van der Waals surface area (Å²) in [4.78, 5) is 30.3. The topological polar surface area (TPSA) is 101 Å². The highest BCUT2D eigenvalue weighted by Gasteiger charge is 2.23. The molecule has 3 heterocycles. The zero-order valence-electron chi connectivity index (χ0n) is 15.5. The lowest BCUT2D eigenvalue weighted by atomic mass is 10.0. The lowest BCUT2D eigenvalue weighted by molar-refractivity contribution is -0.137. The first-order valence-electron chi connectivity index (χ1n) is 9.30. The maximum atomic E-state index is 12.5. The van der Waals surface area contributed by atoms with Crippen molar-refractivity contribution in [2.45, 2.75) is 43.9 Å². The van der Waals surface area contributed by atoms with E-state index in [1.807, 2.05) is 29.2 Å². The van der Waals surface area contributed by atoms with Crippen LogP contribution in [0.1, 0.15) is 26.2 Å². The molecule has 0 saturated carbocycles. The molecule has 3 aromatic rings. The van der Waals surface area contributed by atoms with Gasteiger partial charge in [0.15, 0.2) is 5.65 Å². The number of likely N-dealkylation sites (tertiary alicyclic amines) is 1. The summed E-state index contributed by atoms with van der Waals surface area (Å²) in [5.74, 6) is -0.631. The number of carboxylic acid groups (broad SMARTS) is 1. The number of aliphatic carboxylic acids is 1. The van der Waals surface area contributed by atoms with Crippen LogP contribution >= 0.6 is 11.8 Å². The minimum absolute atomic E-state index is 0.0759. The molecule has 0 radical (unpaired) electrons. The smallest absolute Gasteiger partial charge is 0.323 e. The maximum absolute atomic E-state index is 12.5. The van der Waals surface area contributed by atoms with Gasteiger partial charge in [0.1, 0.15) is 12.1 Å². The molecule has 2 aromatic heterocycles. The van der Waals surface area contributed by atoms with Crippen LogP contribution in [0, 0.1) is 0 Å². The number of fused-ring (bicyclic) bond motifs is 3. The number of carbonyl (C=O) groups excluding carboxylic acids is 1. The SMILES string of the molecule is CC1CCCCN1C(=O)CSc1nnc2c3ccccc3n(CC(=O)O)c2n1. The highest BCUT2D eigenvalue weighted by Crippen LogP contribution is 2.27. The average molecular weight is 399 g/mol. The summed E-state index contributed by atoms with van der Waals surface area (Å²) in [5, 5.41) is 18.9. The molecule has 0 aliphatic carbocycles. The van der Waals surface area contributed by atoms with Gasteiger partial charge in [0.2, 0.25) is 11.1 Å². The second kappa shape index (κ2) is 7.75. The molecule has 1 amide bonds. The van der Waals surface area contributed by atoms with Crippen molar-refractivity contribution in [3.05, 3.63) is 24.3 Å². The fourth-order valence-electron chi connectivity index (χ4n) is 3.72. The predicted molar refractivity (Wildman–Crippen MR) is 106 cm³/mol. The van der Waals surface area contributed by atoms with Crippen molar-refractivity contribution in [3.8, 4) is 0 Å². The number of rotatable bonds is 5. The van der Waals surface area contributed by atoms with Gasteiger partial charge >= 0.3 is 5.97 Å². The number of amides is 1. The lowest BCUT2D eigenvalue weighted by Gasteiger charge is -2.33. The second-order valence-electron chi connectivity index (χ2n) is 6.98. The third kappa shape index (κ3) is 3.54. The van der Waals surface area contributed by atoms with E-state index < -0.39 is 5.97 Å². The average Bonchev–Trinajstić information content (AvgIpc) is 2.99. The molecule has 1 aliphatic rings. The van der Waals surface area contributed by atoms with Gasteiger partial charge in [0, 0.05) is 18.0 Å². The predicted octanol–water partition coefficient (Wildman–Crippen LogP) is 2.56. The Hall–Kier alpha value is -2.68. The summed E-state index contributed by atoms with van der Waals surface area (Å²) in [6.07, 6.45) is 3.24. The molecule has 28 heavy (non-hydrogen) atoms. The van der Waals surface area contributed by atoms with E-state index in [1.165, 1.54) is 11.8 Å². The van der Waals surface area contributed by atoms with E-state index in [0.29, 0.717) is 16.3 Å². The summed E-state index contributed by atoms with van der Waals surface area (Å²) in [6.45, 7) is 2.67. The number of hydrogen-bond acceptors (Lipinski definition) is 6. The largest absolute Gasteiger partial charge is 0.480 e. The number of benzene rings is 1. The fourth-order valence-corrected chi connectivity index (χ4v) is 4.39. The number of para-hydroxylation sites is 1. The molecule has 146 valence electrons. The highest BCUT2D eigenvalue weighted by molar-refractivity contribution is 7.99. The molecule has 1 saturated heterocycles. The lowest BCUT2D eigenvalue weighted by Crippen LogP contribution is -2.42. The van der Waals surface area contributed by atoms with E-state index >= 15 is 0 Å². The maximum Gasteiger partial charge on any atom is 0.323 e. The quantitative estimate of drug-likeness (QED) is 0.658. The molecule has 1 fully saturated rings. The molecule has 9 heteroatoms. The van der Waals surface area contributed by atoms with Gasteiger partial charge in [-0.05, 0) is 32.3 Å². The zero-order valence-corrected chi connectivity index (χ0v) is 16.4. The molecule has 0 bridgehead atoms. The Morgan fingerprint density at radius 3 is 2.86 bits per heavy atom. The summed E-state index contributed by atoms with van der Waals surface area (Å²) in [7, 11) is 0. The molecule has 1 aliphatic heterocycles. The van der Waals surface area contributed by atoms with Crippen LogP contribution in [0.4, 0.5) is 0 Å². The number of thioether (sulfide) groups is 1. The molecule has 1 atom stereocenters. The molecular weight excluding hydrogens is 378 g/mol. The van der Waals surface area contributed by atoms with E-state index in [9.17, 15) is 14.7 Å². The molecule has 1 N–H and O–H groups in total. The zero-order chi connectivity index (χ0) is 19.7. The van der Waals surface area contributed by atoms with Gasteiger partial charge in [-0.15, -0.1) is 10.2 Å². The number of carbonyl (C=O) groups is 2. The van der Waals surface area contributed by atoms with Crippen LogP contribution in [0.3, 0.4) is 0 Å². The molecule has 4 rings (SSSR count). The van der Waals surface area contributed by atoms with Crippen molar-refractivity contribution >= 4 is 45.7 Å². The number of aromatic nitrogens is 4. The van der Waals surface area contributed by atoms with Crippen LogP contribution in [0.25, 0.3) is 22.1 Å². The van der Waals surface area contributed by atoms with E-state index in [4.69, 9.17) is 0 Å². The summed E-state index contributed by atoms with van der Waals surface area (Å²) < 4.78 is 1.63. The second-order valence-corrected chi connectivity index (χ2v) is 7.93. The number of carboxylic acids is 1. The molecule has 8 nitrogen and oxygen atoms in total. The highest BCUT2D eigenvalue weighted by atomic mass is 32.2. The van der Waals surface area contributed by atoms with Gasteiger partial charge in [0.25, 0.3) is 0 Å². The van der Waals surface area contributed by atoms with Gasteiger partial charge in [0.05, 0.1) is 11.3 Å². The number of nitrogens with zero attached hydrogens (tertiary/aromatic N) is 5. The summed E-state index contributed by atoms with van der Waals surface area (Å²) >= 11 is 1.24. The number of piperidine rings is 1. The Bertz CT molecular complexity index is 1050. The van der Waals surface area contributed by atoms with Gasteiger partial charge in [-0.2, -0.15) is 0 Å². The third-order valence-electron chi connectivity index (χ3n) is 5.10. The van der Waals surface area contributed by atoms with Crippen molar-refractivity contribution in [2.75, 3.05) is 12.3 Å². The van der Waals surface area contributed by atoms with Crippen molar-refractivity contribution in [1.29, 1.82) is 0 Å². The van der Waals surface area contributed by atoms with Crippen molar-refractivity contribution in [1.82, 2.24) is 24.6 Å². The minimum atomic E-state index is -0.954. The van der Waals surface area contributed by atoms with Gasteiger partial charge in [-0.25, -0.2) is 4.98 Å². The Morgan fingerprint density at radius 1 is 1.25 bits per heavy atom. The Labute approximate surface area is 165 Å². The van der Waals surface area contributed by atoms with Crippen LogP contribution in [-0.2, 0) is 16.1 Å².